The van der Waals surface area contributed by atoms with E-state index in [1.54, 1.807) is 7.05 Å². The van der Waals surface area contributed by atoms with Crippen LogP contribution in [0.1, 0.15) is 37.0 Å². The number of quaternary nitrogens is 1. The third-order valence-corrected chi connectivity index (χ3v) is 4.85. The number of nitrogens with one attached hydrogen (secondary N) is 3. The fourth-order valence-electron chi connectivity index (χ4n) is 3.19. The lowest BCUT2D eigenvalue weighted by Crippen LogP contribution is -3.11. The molecule has 0 aliphatic carbocycles. The van der Waals surface area contributed by atoms with Crippen LogP contribution in [0.5, 0.6) is 0 Å². The van der Waals surface area contributed by atoms with E-state index in [-0.39, 0.29) is 30.8 Å². The van der Waals surface area contributed by atoms with Crippen molar-refractivity contribution in [3.63, 3.8) is 0 Å². The average molecular weight is 393 g/mol. The van der Waals surface area contributed by atoms with E-state index in [4.69, 9.17) is 4.74 Å². The quantitative estimate of drug-likeness (QED) is 0.542. The molecule has 0 radical (unpaired) electrons. The van der Waals surface area contributed by atoms with Gasteiger partial charge in [-0.3, -0.25) is 9.59 Å². The highest BCUT2D eigenvalue weighted by molar-refractivity contribution is 5.93. The van der Waals surface area contributed by atoms with Crippen molar-refractivity contribution in [3.8, 4) is 0 Å². The molecule has 0 bridgehead atoms. The van der Waals surface area contributed by atoms with Crippen LogP contribution in [0.2, 0.25) is 0 Å². The summed E-state index contributed by atoms with van der Waals surface area (Å²) in [6.07, 6.45) is 0.737. The van der Waals surface area contributed by atoms with Gasteiger partial charge in [0.25, 0.3) is 11.8 Å². The van der Waals surface area contributed by atoms with E-state index in [9.17, 15) is 14.4 Å². The molecular formula is C21H34N3O4+. The molecule has 0 fully saturated rings. The third kappa shape index (κ3) is 6.96. The highest BCUT2D eigenvalue weighted by Crippen LogP contribution is 2.21. The monoisotopic (exact) mass is 392 g/mol. The van der Waals surface area contributed by atoms with Gasteiger partial charge in [0.2, 0.25) is 0 Å². The number of hydrogen-bond acceptors (Lipinski definition) is 4. The van der Waals surface area contributed by atoms with E-state index in [0.717, 1.165) is 33.7 Å². The van der Waals surface area contributed by atoms with Gasteiger partial charge in [-0.1, -0.05) is 38.0 Å². The molecule has 7 heteroatoms. The molecule has 0 spiro atoms. The van der Waals surface area contributed by atoms with Crippen LogP contribution < -0.4 is 15.5 Å². The number of benzene rings is 1. The maximum absolute atomic E-state index is 12.4. The second kappa shape index (κ2) is 10.8. The Bertz CT molecular complexity index is 695. The molecule has 3 atom stereocenters. The van der Waals surface area contributed by atoms with Gasteiger partial charge in [0.05, 0.1) is 14.2 Å². The van der Waals surface area contributed by atoms with Crippen molar-refractivity contribution >= 4 is 23.5 Å². The molecule has 1 aromatic rings. The highest BCUT2D eigenvalue weighted by atomic mass is 16.5. The number of amides is 2. The second-order valence-corrected chi connectivity index (χ2v) is 7.59. The molecule has 2 amide bonds. The maximum atomic E-state index is 12.4. The average Bonchev–Trinajstić information content (AvgIpc) is 2.61. The van der Waals surface area contributed by atoms with Crippen molar-refractivity contribution in [2.75, 3.05) is 32.6 Å². The largest absolute Gasteiger partial charge is 0.467 e. The van der Waals surface area contributed by atoms with Gasteiger partial charge in [0.15, 0.2) is 13.1 Å². The normalized spacial score (nSPS) is 14.0. The molecule has 28 heavy (non-hydrogen) atoms. The van der Waals surface area contributed by atoms with Crippen LogP contribution in [0, 0.1) is 26.7 Å². The summed E-state index contributed by atoms with van der Waals surface area (Å²) in [6, 6.07) is 3.37. The van der Waals surface area contributed by atoms with Crippen molar-refractivity contribution in [2.24, 2.45) is 5.92 Å². The van der Waals surface area contributed by atoms with Crippen molar-refractivity contribution in [1.82, 2.24) is 5.32 Å². The summed E-state index contributed by atoms with van der Waals surface area (Å²) in [4.78, 5) is 37.3. The molecule has 0 heterocycles. The van der Waals surface area contributed by atoms with Gasteiger partial charge in [0.1, 0.15) is 6.04 Å². The summed E-state index contributed by atoms with van der Waals surface area (Å²) in [5.41, 5.74) is 3.98. The summed E-state index contributed by atoms with van der Waals surface area (Å²) in [5, 5.41) is 5.67. The lowest BCUT2D eigenvalue weighted by molar-refractivity contribution is -0.862. The van der Waals surface area contributed by atoms with E-state index in [1.807, 2.05) is 46.8 Å². The first kappa shape index (κ1) is 23.6. The highest BCUT2D eigenvalue weighted by Gasteiger charge is 2.27. The van der Waals surface area contributed by atoms with Gasteiger partial charge in [-0.15, -0.1) is 0 Å². The molecule has 1 aromatic carbocycles. The van der Waals surface area contributed by atoms with E-state index in [0.29, 0.717) is 0 Å². The van der Waals surface area contributed by atoms with E-state index in [1.165, 1.54) is 7.11 Å². The zero-order valence-corrected chi connectivity index (χ0v) is 18.1. The van der Waals surface area contributed by atoms with Crippen LogP contribution in [-0.2, 0) is 19.1 Å². The van der Waals surface area contributed by atoms with Gasteiger partial charge < -0.3 is 20.3 Å². The number of likely N-dealkylation sites (N-methyl/N-ethyl adjacent to an activating group) is 1. The summed E-state index contributed by atoms with van der Waals surface area (Å²) in [7, 11) is 3.07. The van der Waals surface area contributed by atoms with Crippen molar-refractivity contribution in [3.05, 3.63) is 28.8 Å². The number of methoxy groups -OCH3 is 1. The number of aryl methyl sites for hydroxylation is 3. The topological polar surface area (TPSA) is 88.9 Å². The molecule has 0 aliphatic rings. The zero-order chi connectivity index (χ0) is 21.4. The summed E-state index contributed by atoms with van der Waals surface area (Å²) in [6.45, 7) is 10.0. The number of esters is 1. The SMILES string of the molecule is CC[C@H](C)[C@H](NC(=O)C[NH+](C)CC(=O)Nc1c(C)cc(C)cc1C)C(=O)OC. The van der Waals surface area contributed by atoms with Gasteiger partial charge in [-0.25, -0.2) is 4.79 Å². The minimum absolute atomic E-state index is 0.0347. The molecule has 1 rings (SSSR count). The molecule has 1 unspecified atom stereocenters. The van der Waals surface area contributed by atoms with E-state index < -0.39 is 12.0 Å². The number of rotatable bonds is 9. The Morgan fingerprint density at radius 2 is 1.61 bits per heavy atom. The molecule has 156 valence electrons. The van der Waals surface area contributed by atoms with Gasteiger partial charge in [-0.05, 0) is 37.8 Å². The predicted octanol–water partition coefficient (Wildman–Crippen LogP) is 0.769. The fraction of sp³-hybridized carbons (Fsp3) is 0.571. The number of ether oxygens (including phenoxy) is 1. The minimum Gasteiger partial charge on any atom is -0.467 e. The molecule has 3 N–H and O–H groups in total. The first-order chi connectivity index (χ1) is 13.1. The lowest BCUT2D eigenvalue weighted by atomic mass is 9.99. The second-order valence-electron chi connectivity index (χ2n) is 7.59. The Morgan fingerprint density at radius 3 is 2.11 bits per heavy atom. The van der Waals surface area contributed by atoms with Gasteiger partial charge in [-0.2, -0.15) is 0 Å². The Balaban J connectivity index is 2.63. The summed E-state index contributed by atoms with van der Waals surface area (Å²) >= 11 is 0. The fourth-order valence-corrected chi connectivity index (χ4v) is 3.19. The molecular weight excluding hydrogens is 358 g/mol. The summed E-state index contributed by atoms with van der Waals surface area (Å²) in [5.74, 6) is -0.939. The third-order valence-electron chi connectivity index (χ3n) is 4.85. The standard InChI is InChI=1S/C21H33N3O4/c1-8-14(3)20(21(27)28-7)23-18(26)12-24(6)11-17(25)22-19-15(4)9-13(2)10-16(19)5/h9-10,14,20H,8,11-12H2,1-7H3,(H,22,25)(H,23,26)/p+1/t14-,20-/m0/s1. The van der Waals surface area contributed by atoms with Crippen LogP contribution in [0.4, 0.5) is 5.69 Å². The first-order valence-corrected chi connectivity index (χ1v) is 9.65. The molecule has 0 saturated carbocycles. The number of hydrogen-bond donors (Lipinski definition) is 3. The zero-order valence-electron chi connectivity index (χ0n) is 18.1. The van der Waals surface area contributed by atoms with Crippen LogP contribution in [-0.4, -0.2) is 51.1 Å². The van der Waals surface area contributed by atoms with Crippen molar-refractivity contribution < 1.29 is 24.0 Å². The van der Waals surface area contributed by atoms with E-state index >= 15 is 0 Å². The lowest BCUT2D eigenvalue weighted by Gasteiger charge is -2.22. The first-order valence-electron chi connectivity index (χ1n) is 9.65. The van der Waals surface area contributed by atoms with Crippen LogP contribution in [0.25, 0.3) is 0 Å². The Labute approximate surface area is 167 Å². The Morgan fingerprint density at radius 1 is 1.07 bits per heavy atom. The van der Waals surface area contributed by atoms with E-state index in [2.05, 4.69) is 10.6 Å². The Hall–Kier alpha value is -2.41. The minimum atomic E-state index is -0.679. The maximum Gasteiger partial charge on any atom is 0.328 e. The van der Waals surface area contributed by atoms with Crippen LogP contribution in [0.15, 0.2) is 12.1 Å². The van der Waals surface area contributed by atoms with Crippen molar-refractivity contribution in [2.45, 2.75) is 47.1 Å². The van der Waals surface area contributed by atoms with Gasteiger partial charge in [0, 0.05) is 5.69 Å². The molecule has 0 aliphatic heterocycles. The molecule has 7 nitrogen and oxygen atoms in total. The van der Waals surface area contributed by atoms with Crippen molar-refractivity contribution in [1.29, 1.82) is 0 Å². The number of carbonyl (C=O) groups is 3. The van der Waals surface area contributed by atoms with Crippen LogP contribution in [0.3, 0.4) is 0 Å². The van der Waals surface area contributed by atoms with Crippen LogP contribution >= 0.6 is 0 Å². The summed E-state index contributed by atoms with van der Waals surface area (Å²) < 4.78 is 4.78. The Kier molecular flexibility index (Phi) is 9.12. The number of anilines is 1. The van der Waals surface area contributed by atoms with Gasteiger partial charge >= 0.3 is 5.97 Å². The molecule has 0 aromatic heterocycles. The number of carbonyl (C=O) groups excluding carboxylic acids is 3. The predicted molar refractivity (Wildman–Crippen MR) is 109 cm³/mol. The molecule has 0 saturated heterocycles. The smallest absolute Gasteiger partial charge is 0.328 e.